The van der Waals surface area contributed by atoms with Crippen molar-refractivity contribution in [3.8, 4) is 0 Å². The molecule has 0 saturated carbocycles. The van der Waals surface area contributed by atoms with Gasteiger partial charge in [0.15, 0.2) is 0 Å². The highest BCUT2D eigenvalue weighted by atomic mass is 16.7. The van der Waals surface area contributed by atoms with Crippen LogP contribution in [0.25, 0.3) is 0 Å². The number of epoxide rings is 1. The van der Waals surface area contributed by atoms with Crippen molar-refractivity contribution in [1.29, 1.82) is 0 Å². The Hall–Kier alpha value is -0.690. The van der Waals surface area contributed by atoms with Crippen LogP contribution in [0.2, 0.25) is 0 Å². The molecule has 1 rings (SSSR count). The van der Waals surface area contributed by atoms with Crippen molar-refractivity contribution < 1.29 is 30.0 Å². The fraction of sp³-hybridized carbons (Fsp3) is 0.833. The van der Waals surface area contributed by atoms with Gasteiger partial charge in [0.1, 0.15) is 18.3 Å². The van der Waals surface area contributed by atoms with Gasteiger partial charge in [0.05, 0.1) is 6.61 Å². The first-order valence-corrected chi connectivity index (χ1v) is 3.43. The van der Waals surface area contributed by atoms with E-state index in [1.807, 2.05) is 0 Å². The molecule has 0 aromatic carbocycles. The number of hydrogen-bond acceptors (Lipinski definition) is 6. The van der Waals surface area contributed by atoms with Crippen molar-refractivity contribution in [2.24, 2.45) is 0 Å². The zero-order valence-electron chi connectivity index (χ0n) is 6.12. The molecule has 0 spiro atoms. The summed E-state index contributed by atoms with van der Waals surface area (Å²) in [5.41, 5.74) is 0. The second kappa shape index (κ2) is 3.36. The summed E-state index contributed by atoms with van der Waals surface area (Å²) in [7, 11) is 0. The zero-order valence-corrected chi connectivity index (χ0v) is 6.12. The second-order valence-electron chi connectivity index (χ2n) is 2.59. The minimum atomic E-state index is -1.56. The Kier molecular flexibility index (Phi) is 2.63. The lowest BCUT2D eigenvalue weighted by molar-refractivity contribution is -0.117. The Balaban J connectivity index is 2.40. The maximum atomic E-state index is 10.3. The Labute approximate surface area is 68.0 Å². The quantitative estimate of drug-likeness (QED) is 0.341. The average molecular weight is 178 g/mol. The highest BCUT2D eigenvalue weighted by molar-refractivity contribution is 5.88. The Morgan fingerprint density at radius 3 is 2.25 bits per heavy atom. The predicted molar refractivity (Wildman–Crippen MR) is 35.0 cm³/mol. The molecule has 1 aliphatic heterocycles. The SMILES string of the molecule is O=C1O[C@@H]1[C@H](O)[C@@H](O)[C@H](O)CO. The molecule has 6 heteroatoms. The minimum absolute atomic E-state index is 0.619. The predicted octanol–water partition coefficient (Wildman–Crippen LogP) is -3.01. The number of carbonyl (C=O) groups is 1. The largest absolute Gasteiger partial charge is 0.445 e. The molecule has 0 unspecified atom stereocenters. The van der Waals surface area contributed by atoms with Crippen LogP contribution in [0.5, 0.6) is 0 Å². The van der Waals surface area contributed by atoms with Crippen LogP contribution < -0.4 is 0 Å². The van der Waals surface area contributed by atoms with Gasteiger partial charge in [-0.25, -0.2) is 4.79 Å². The third-order valence-electron chi connectivity index (χ3n) is 1.66. The van der Waals surface area contributed by atoms with Gasteiger partial charge in [-0.05, 0) is 0 Å². The number of carbonyl (C=O) groups excluding carboxylic acids is 1. The molecule has 0 amide bonds. The maximum Gasteiger partial charge on any atom is 0.351 e. The lowest BCUT2D eigenvalue weighted by Gasteiger charge is -2.18. The van der Waals surface area contributed by atoms with E-state index in [-0.39, 0.29) is 0 Å². The van der Waals surface area contributed by atoms with Crippen LogP contribution in [0.4, 0.5) is 0 Å². The standard InChI is InChI=1S/C6H10O6/c7-1-2(8)3(9)4(10)5-6(11)12-5/h2-5,7-10H,1H2/t2-,3+,4-,5-/m1/s1. The van der Waals surface area contributed by atoms with Gasteiger partial charge >= 0.3 is 5.97 Å². The highest BCUT2D eigenvalue weighted by Gasteiger charge is 2.48. The summed E-state index contributed by atoms with van der Waals surface area (Å²) in [5, 5.41) is 35.3. The van der Waals surface area contributed by atoms with Crippen molar-refractivity contribution in [2.75, 3.05) is 6.61 Å². The van der Waals surface area contributed by atoms with Gasteiger partial charge in [0.25, 0.3) is 0 Å². The van der Waals surface area contributed by atoms with E-state index in [1.165, 1.54) is 0 Å². The molecule has 1 heterocycles. The molecule has 70 valence electrons. The molecule has 1 aliphatic rings. The van der Waals surface area contributed by atoms with Crippen LogP contribution >= 0.6 is 0 Å². The molecule has 6 nitrogen and oxygen atoms in total. The van der Waals surface area contributed by atoms with Crippen LogP contribution in [0.15, 0.2) is 0 Å². The number of rotatable bonds is 4. The fourth-order valence-electron chi connectivity index (χ4n) is 0.815. The molecule has 0 aliphatic carbocycles. The Bertz CT molecular complexity index is 181. The average Bonchev–Trinajstić information content (AvgIpc) is 2.78. The molecule has 4 atom stereocenters. The van der Waals surface area contributed by atoms with E-state index in [4.69, 9.17) is 20.4 Å². The lowest BCUT2D eigenvalue weighted by Crippen LogP contribution is -2.42. The van der Waals surface area contributed by atoms with Gasteiger partial charge in [-0.2, -0.15) is 0 Å². The monoisotopic (exact) mass is 178 g/mol. The van der Waals surface area contributed by atoms with Crippen LogP contribution in [-0.2, 0) is 9.53 Å². The molecule has 12 heavy (non-hydrogen) atoms. The first kappa shape index (κ1) is 9.40. The topological polar surface area (TPSA) is 111 Å². The van der Waals surface area contributed by atoms with Crippen molar-refractivity contribution >= 4 is 5.97 Å². The summed E-state index contributed by atoms with van der Waals surface area (Å²) in [4.78, 5) is 10.3. The highest BCUT2D eigenvalue weighted by Crippen LogP contribution is 2.20. The van der Waals surface area contributed by atoms with E-state index in [1.54, 1.807) is 0 Å². The normalized spacial score (nSPS) is 29.0. The number of cyclic esters (lactones) is 1. The van der Waals surface area contributed by atoms with E-state index < -0.39 is 37.0 Å². The van der Waals surface area contributed by atoms with Crippen molar-refractivity contribution in [3.63, 3.8) is 0 Å². The van der Waals surface area contributed by atoms with Crippen LogP contribution in [-0.4, -0.2) is 57.4 Å². The zero-order chi connectivity index (χ0) is 9.30. The molecule has 4 N–H and O–H groups in total. The van der Waals surface area contributed by atoms with Gasteiger partial charge < -0.3 is 25.2 Å². The van der Waals surface area contributed by atoms with Gasteiger partial charge in [-0.1, -0.05) is 0 Å². The first-order valence-electron chi connectivity index (χ1n) is 3.43. The van der Waals surface area contributed by atoms with Gasteiger partial charge in [0.2, 0.25) is 6.10 Å². The van der Waals surface area contributed by atoms with Crippen LogP contribution in [0.1, 0.15) is 0 Å². The Morgan fingerprint density at radius 1 is 1.42 bits per heavy atom. The summed E-state index contributed by atoms with van der Waals surface area (Å²) < 4.78 is 4.25. The fourth-order valence-corrected chi connectivity index (χ4v) is 0.815. The second-order valence-corrected chi connectivity index (χ2v) is 2.59. The van der Waals surface area contributed by atoms with Crippen molar-refractivity contribution in [3.05, 3.63) is 0 Å². The molecular weight excluding hydrogens is 168 g/mol. The van der Waals surface area contributed by atoms with E-state index >= 15 is 0 Å². The summed E-state index contributed by atoms with van der Waals surface area (Å²) in [6.07, 6.45) is -5.55. The summed E-state index contributed by atoms with van der Waals surface area (Å²) >= 11 is 0. The minimum Gasteiger partial charge on any atom is -0.445 e. The van der Waals surface area contributed by atoms with E-state index in [0.29, 0.717) is 0 Å². The number of ether oxygens (including phenoxy) is 1. The van der Waals surface area contributed by atoms with Crippen molar-refractivity contribution in [2.45, 2.75) is 24.4 Å². The number of hydrogen-bond donors (Lipinski definition) is 4. The maximum absolute atomic E-state index is 10.3. The number of aliphatic hydroxyl groups is 4. The van der Waals surface area contributed by atoms with E-state index in [2.05, 4.69) is 4.74 Å². The summed E-state index contributed by atoms with van der Waals surface area (Å²) in [5.74, 6) is -0.619. The third-order valence-corrected chi connectivity index (χ3v) is 1.66. The lowest BCUT2D eigenvalue weighted by atomic mass is 10.1. The van der Waals surface area contributed by atoms with Gasteiger partial charge in [-0.15, -0.1) is 0 Å². The van der Waals surface area contributed by atoms with Crippen molar-refractivity contribution in [1.82, 2.24) is 0 Å². The van der Waals surface area contributed by atoms with Crippen LogP contribution in [0.3, 0.4) is 0 Å². The first-order chi connectivity index (χ1) is 5.57. The molecule has 1 saturated heterocycles. The molecule has 1 fully saturated rings. The molecular formula is C6H10O6. The number of aliphatic hydroxyl groups excluding tert-OH is 4. The molecule has 0 bridgehead atoms. The summed E-state index contributed by atoms with van der Waals surface area (Å²) in [6, 6.07) is 0. The van der Waals surface area contributed by atoms with E-state index in [9.17, 15) is 4.79 Å². The molecule has 0 aromatic heterocycles. The molecule has 0 radical (unpaired) electrons. The molecule has 0 aromatic rings. The Morgan fingerprint density at radius 2 is 1.92 bits per heavy atom. The van der Waals surface area contributed by atoms with E-state index in [0.717, 1.165) is 0 Å². The smallest absolute Gasteiger partial charge is 0.351 e. The third kappa shape index (κ3) is 1.72. The van der Waals surface area contributed by atoms with Gasteiger partial charge in [0, 0.05) is 0 Å². The van der Waals surface area contributed by atoms with Crippen LogP contribution in [0, 0.1) is 0 Å². The van der Waals surface area contributed by atoms with Gasteiger partial charge in [-0.3, -0.25) is 0 Å². The summed E-state index contributed by atoms with van der Waals surface area (Å²) in [6.45, 7) is -0.681.